The van der Waals surface area contributed by atoms with E-state index in [4.69, 9.17) is 20.4 Å². The average Bonchev–Trinajstić information content (AvgIpc) is 3.91. The number of rotatable bonds is 8. The minimum atomic E-state index is -3.28. The summed E-state index contributed by atoms with van der Waals surface area (Å²) in [4.78, 5) is 25.8. The van der Waals surface area contributed by atoms with Crippen LogP contribution in [0.1, 0.15) is 54.9 Å². The number of pyridine rings is 1. The Morgan fingerprint density at radius 2 is 1.89 bits per heavy atom. The monoisotopic (exact) mass is 615 g/mol. The number of imidazole rings is 1. The molecule has 0 radical (unpaired) electrons. The zero-order valence-corrected chi connectivity index (χ0v) is 25.6. The van der Waals surface area contributed by atoms with Gasteiger partial charge in [0.15, 0.2) is 5.82 Å². The van der Waals surface area contributed by atoms with E-state index < -0.39 is 10.0 Å². The molecule has 5 heterocycles. The maximum absolute atomic E-state index is 13.9. The molecular weight excluding hydrogens is 578 g/mol. The zero-order valence-electron chi connectivity index (χ0n) is 24.8. The summed E-state index contributed by atoms with van der Waals surface area (Å²) in [5.41, 5.74) is 10.3. The number of carbonyl (C=O) groups is 1. The maximum Gasteiger partial charge on any atom is 0.254 e. The van der Waals surface area contributed by atoms with E-state index in [0.717, 1.165) is 60.3 Å². The Kier molecular flexibility index (Phi) is 5.81. The number of benzene rings is 1. The number of aromatic nitrogens is 4. The minimum absolute atomic E-state index is 0.0332. The van der Waals surface area contributed by atoms with E-state index in [-0.39, 0.29) is 29.3 Å². The summed E-state index contributed by atoms with van der Waals surface area (Å²) >= 11 is 0. The molecule has 4 aromatic rings. The quantitative estimate of drug-likeness (QED) is 0.322. The van der Waals surface area contributed by atoms with Gasteiger partial charge >= 0.3 is 0 Å². The first-order chi connectivity index (χ1) is 21.3. The smallest absolute Gasteiger partial charge is 0.254 e. The largest absolute Gasteiger partial charge is 0.494 e. The number of hydrogen-bond donors (Lipinski definition) is 1. The summed E-state index contributed by atoms with van der Waals surface area (Å²) in [6, 6.07) is 9.84. The lowest BCUT2D eigenvalue weighted by Gasteiger charge is -2.40. The van der Waals surface area contributed by atoms with Crippen molar-refractivity contribution in [3.63, 3.8) is 0 Å². The molecule has 230 valence electrons. The molecule has 3 saturated carbocycles. The Labute approximate surface area is 256 Å². The van der Waals surface area contributed by atoms with Gasteiger partial charge in [0.2, 0.25) is 10.0 Å². The number of likely N-dealkylation sites (tertiary alicyclic amines) is 1. The number of amides is 1. The molecule has 2 aliphatic heterocycles. The van der Waals surface area contributed by atoms with Gasteiger partial charge in [0.05, 0.1) is 29.6 Å². The molecule has 0 spiro atoms. The van der Waals surface area contributed by atoms with Gasteiger partial charge in [-0.2, -0.15) is 4.31 Å². The standard InChI is InChI=1S/C32H37N7O4S/c1-43-27-13-21(32(40)38-15-20-6-9-25(38)28(20)33)11-24-29(27)39(22-16-36(17-22)44(41,42)23-7-8-23)31(35-24)26-12-19-3-2-10-34-30(19)37(26)14-18-4-5-18/h2-3,10-13,18,20,22-23,25,28H,4-9,14-17,33H2,1H3/t20-,25-,28-/m1/s1. The van der Waals surface area contributed by atoms with Crippen LogP contribution in [0.3, 0.4) is 0 Å². The van der Waals surface area contributed by atoms with E-state index >= 15 is 0 Å². The lowest BCUT2D eigenvalue weighted by atomic mass is 10.1. The van der Waals surface area contributed by atoms with Gasteiger partial charge in [-0.15, -0.1) is 0 Å². The van der Waals surface area contributed by atoms with Crippen molar-refractivity contribution in [3.8, 4) is 17.3 Å². The number of hydrogen-bond acceptors (Lipinski definition) is 7. The molecule has 3 aliphatic carbocycles. The van der Waals surface area contributed by atoms with E-state index in [2.05, 4.69) is 21.3 Å². The minimum Gasteiger partial charge on any atom is -0.494 e. The highest BCUT2D eigenvalue weighted by molar-refractivity contribution is 7.90. The van der Waals surface area contributed by atoms with Crippen LogP contribution in [-0.2, 0) is 16.6 Å². The van der Waals surface area contributed by atoms with Gasteiger partial charge in [-0.3, -0.25) is 4.79 Å². The molecule has 11 nitrogen and oxygen atoms in total. The summed E-state index contributed by atoms with van der Waals surface area (Å²) in [6.07, 6.45) is 7.71. The summed E-state index contributed by atoms with van der Waals surface area (Å²) in [7, 11) is -1.66. The number of sulfonamides is 1. The normalized spacial score (nSPS) is 25.8. The number of ether oxygens (including phenoxy) is 1. The van der Waals surface area contributed by atoms with Crippen molar-refractivity contribution in [2.24, 2.45) is 17.6 Å². The molecule has 2 saturated heterocycles. The van der Waals surface area contributed by atoms with Crippen LogP contribution in [0, 0.1) is 11.8 Å². The third-order valence-electron chi connectivity index (χ3n) is 10.7. The first-order valence-corrected chi connectivity index (χ1v) is 17.4. The van der Waals surface area contributed by atoms with E-state index in [1.807, 2.05) is 29.3 Å². The molecule has 3 aromatic heterocycles. The van der Waals surface area contributed by atoms with Crippen LogP contribution in [0.2, 0.25) is 0 Å². The molecule has 2 bridgehead atoms. The molecule has 5 aliphatic rings. The fourth-order valence-corrected chi connectivity index (χ4v) is 9.75. The van der Waals surface area contributed by atoms with Gasteiger partial charge in [0, 0.05) is 55.4 Å². The SMILES string of the molecule is COc1cc(C(=O)N2C[C@H]3CC[C@@H]2[C@@H]3N)cc2nc(-c3cc4cccnc4n3CC3CC3)n(C3CN(S(=O)(=O)C4CC4)C3)c12. The van der Waals surface area contributed by atoms with Crippen molar-refractivity contribution in [1.29, 1.82) is 0 Å². The summed E-state index contributed by atoms with van der Waals surface area (Å²) in [5, 5.41) is 0.795. The van der Waals surface area contributed by atoms with Crippen molar-refractivity contribution in [1.82, 2.24) is 28.3 Å². The highest BCUT2D eigenvalue weighted by Gasteiger charge is 2.48. The van der Waals surface area contributed by atoms with Gasteiger partial charge in [0.25, 0.3) is 5.91 Å². The zero-order chi connectivity index (χ0) is 29.9. The number of nitrogens with zero attached hydrogens (tertiary/aromatic N) is 6. The Balaban J connectivity index is 1.19. The summed E-state index contributed by atoms with van der Waals surface area (Å²) < 4.78 is 38.1. The Hall–Kier alpha value is -3.48. The molecule has 3 atom stereocenters. The number of fused-ring (bicyclic) bond motifs is 4. The Morgan fingerprint density at radius 1 is 1.07 bits per heavy atom. The van der Waals surface area contributed by atoms with Crippen molar-refractivity contribution < 1.29 is 17.9 Å². The second kappa shape index (κ2) is 9.51. The topological polar surface area (TPSA) is 129 Å². The van der Waals surface area contributed by atoms with Crippen LogP contribution in [0.5, 0.6) is 5.75 Å². The van der Waals surface area contributed by atoms with Crippen LogP contribution in [0.15, 0.2) is 36.5 Å². The first kappa shape index (κ1) is 26.9. The molecule has 44 heavy (non-hydrogen) atoms. The fourth-order valence-electron chi connectivity index (χ4n) is 7.84. The van der Waals surface area contributed by atoms with Gasteiger partial charge in [-0.25, -0.2) is 18.4 Å². The molecule has 9 rings (SSSR count). The maximum atomic E-state index is 13.9. The van der Waals surface area contributed by atoms with Crippen LogP contribution in [0.25, 0.3) is 33.6 Å². The Morgan fingerprint density at radius 3 is 2.57 bits per heavy atom. The average molecular weight is 616 g/mol. The second-order valence-corrected chi connectivity index (χ2v) is 15.7. The molecule has 12 heteroatoms. The van der Waals surface area contributed by atoms with Gasteiger partial charge in [-0.05, 0) is 80.7 Å². The predicted molar refractivity (Wildman–Crippen MR) is 166 cm³/mol. The summed E-state index contributed by atoms with van der Waals surface area (Å²) in [6.45, 7) is 2.31. The van der Waals surface area contributed by atoms with E-state index in [1.165, 1.54) is 12.8 Å². The van der Waals surface area contributed by atoms with Crippen LogP contribution >= 0.6 is 0 Å². The van der Waals surface area contributed by atoms with E-state index in [1.54, 1.807) is 11.4 Å². The van der Waals surface area contributed by atoms with Crippen molar-refractivity contribution >= 4 is 38.0 Å². The molecule has 1 aromatic carbocycles. The lowest BCUT2D eigenvalue weighted by Crippen LogP contribution is -2.51. The molecule has 2 N–H and O–H groups in total. The second-order valence-electron chi connectivity index (χ2n) is 13.5. The third kappa shape index (κ3) is 3.99. The fraction of sp³-hybridized carbons (Fsp3) is 0.531. The van der Waals surface area contributed by atoms with Gasteiger partial charge in [0.1, 0.15) is 16.9 Å². The van der Waals surface area contributed by atoms with Crippen molar-refractivity contribution in [2.45, 2.75) is 68.4 Å². The number of piperidine rings is 1. The summed E-state index contributed by atoms with van der Waals surface area (Å²) in [5.74, 6) is 2.23. The number of nitrogens with two attached hydrogens (primary N) is 1. The number of methoxy groups -OCH3 is 1. The van der Waals surface area contributed by atoms with Crippen LogP contribution < -0.4 is 10.5 Å². The third-order valence-corrected chi connectivity index (χ3v) is 13.0. The van der Waals surface area contributed by atoms with Crippen molar-refractivity contribution in [3.05, 3.63) is 42.1 Å². The van der Waals surface area contributed by atoms with Crippen LogP contribution in [-0.4, -0.2) is 86.7 Å². The molecule has 1 amide bonds. The highest BCUT2D eigenvalue weighted by atomic mass is 32.2. The molecular formula is C32H37N7O4S. The molecule has 5 fully saturated rings. The van der Waals surface area contributed by atoms with Gasteiger partial charge < -0.3 is 24.5 Å². The number of carbonyl (C=O) groups excluding carboxylic acids is 1. The highest BCUT2D eigenvalue weighted by Crippen LogP contribution is 2.43. The van der Waals surface area contributed by atoms with Crippen LogP contribution in [0.4, 0.5) is 0 Å². The van der Waals surface area contributed by atoms with E-state index in [0.29, 0.717) is 48.3 Å². The lowest BCUT2D eigenvalue weighted by molar-refractivity contribution is 0.0700. The van der Waals surface area contributed by atoms with Gasteiger partial charge in [-0.1, -0.05) is 0 Å². The molecule has 0 unspecified atom stereocenters. The predicted octanol–water partition coefficient (Wildman–Crippen LogP) is 3.38. The Bertz CT molecular complexity index is 1940. The van der Waals surface area contributed by atoms with E-state index in [9.17, 15) is 13.2 Å². The first-order valence-electron chi connectivity index (χ1n) is 15.9. The van der Waals surface area contributed by atoms with Crippen molar-refractivity contribution in [2.75, 3.05) is 26.7 Å².